The van der Waals surface area contributed by atoms with Gasteiger partial charge in [-0.25, -0.2) is 17.5 Å². The highest BCUT2D eigenvalue weighted by molar-refractivity contribution is 7.89. The van der Waals surface area contributed by atoms with E-state index in [1.807, 2.05) is 0 Å². The lowest BCUT2D eigenvalue weighted by Crippen LogP contribution is -2.29. The van der Waals surface area contributed by atoms with Crippen LogP contribution < -0.4 is 15.2 Å². The van der Waals surface area contributed by atoms with E-state index in [4.69, 9.17) is 5.73 Å². The lowest BCUT2D eigenvalue weighted by molar-refractivity contribution is -0.0522. The molecule has 1 aromatic carbocycles. The number of nitrogens with one attached hydrogen (secondary N) is 1. The first-order chi connectivity index (χ1) is 8.36. The molecule has 0 radical (unpaired) electrons. The highest BCUT2D eigenvalue weighted by Crippen LogP contribution is 2.22. The van der Waals surface area contributed by atoms with Gasteiger partial charge in [-0.2, -0.15) is 8.78 Å². The molecule has 5 nitrogen and oxygen atoms in total. The summed E-state index contributed by atoms with van der Waals surface area (Å²) in [5.74, 6) is -1.91. The van der Waals surface area contributed by atoms with Crippen molar-refractivity contribution in [2.45, 2.75) is 11.5 Å². The average molecular weight is 284 g/mol. The standard InChI is InChI=1S/C9H11F3N2O3S/c10-7-5-6(18(15,16)14-4-3-13)1-2-8(7)17-9(11)12/h1-2,5,9,14H,3-4,13H2. The third-order valence-electron chi connectivity index (χ3n) is 1.87. The predicted octanol–water partition coefficient (Wildman–Crippen LogP) is 0.664. The number of rotatable bonds is 6. The van der Waals surface area contributed by atoms with Gasteiger partial charge < -0.3 is 10.5 Å². The molecule has 0 aliphatic heterocycles. The molecule has 0 aliphatic rings. The Morgan fingerprint density at radius 3 is 2.56 bits per heavy atom. The Hall–Kier alpha value is -1.32. The second-order valence-electron chi connectivity index (χ2n) is 3.16. The summed E-state index contributed by atoms with van der Waals surface area (Å²) in [4.78, 5) is -0.393. The maximum atomic E-state index is 13.3. The summed E-state index contributed by atoms with van der Waals surface area (Å²) in [6.45, 7) is -3.12. The summed E-state index contributed by atoms with van der Waals surface area (Å²) < 4.78 is 66.1. The molecule has 0 saturated heterocycles. The van der Waals surface area contributed by atoms with Crippen LogP contribution in [0.3, 0.4) is 0 Å². The Morgan fingerprint density at radius 2 is 2.06 bits per heavy atom. The Morgan fingerprint density at radius 1 is 1.39 bits per heavy atom. The van der Waals surface area contributed by atoms with Gasteiger partial charge in [0.2, 0.25) is 10.0 Å². The fourth-order valence-corrected chi connectivity index (χ4v) is 2.18. The largest absolute Gasteiger partial charge is 0.432 e. The van der Waals surface area contributed by atoms with Gasteiger partial charge in [-0.1, -0.05) is 0 Å². The van der Waals surface area contributed by atoms with Crippen molar-refractivity contribution in [3.63, 3.8) is 0 Å². The molecule has 1 aromatic rings. The molecule has 0 aromatic heterocycles. The first kappa shape index (κ1) is 14.7. The van der Waals surface area contributed by atoms with E-state index in [2.05, 4.69) is 9.46 Å². The lowest BCUT2D eigenvalue weighted by atomic mass is 10.3. The van der Waals surface area contributed by atoms with Gasteiger partial charge in [-0.05, 0) is 18.2 Å². The molecule has 102 valence electrons. The fraction of sp³-hybridized carbons (Fsp3) is 0.333. The van der Waals surface area contributed by atoms with Crippen molar-refractivity contribution in [2.75, 3.05) is 13.1 Å². The van der Waals surface area contributed by atoms with Crippen molar-refractivity contribution in [1.82, 2.24) is 4.72 Å². The molecule has 0 saturated carbocycles. The number of nitrogens with two attached hydrogens (primary N) is 1. The maximum absolute atomic E-state index is 13.3. The third-order valence-corrected chi connectivity index (χ3v) is 3.32. The highest BCUT2D eigenvalue weighted by atomic mass is 32.2. The Kier molecular flexibility index (Phi) is 4.93. The highest BCUT2D eigenvalue weighted by Gasteiger charge is 2.17. The second kappa shape index (κ2) is 6.03. The molecule has 0 unspecified atom stereocenters. The minimum atomic E-state index is -3.90. The van der Waals surface area contributed by atoms with Crippen LogP contribution in [0.1, 0.15) is 0 Å². The van der Waals surface area contributed by atoms with E-state index in [9.17, 15) is 21.6 Å². The number of halogens is 3. The average Bonchev–Trinajstić information content (AvgIpc) is 2.28. The van der Waals surface area contributed by atoms with Gasteiger partial charge in [-0.15, -0.1) is 0 Å². The first-order valence-corrected chi connectivity index (χ1v) is 6.29. The molecule has 0 bridgehead atoms. The number of sulfonamides is 1. The molecule has 18 heavy (non-hydrogen) atoms. The number of hydrogen-bond donors (Lipinski definition) is 2. The van der Waals surface area contributed by atoms with Crippen molar-refractivity contribution in [2.24, 2.45) is 5.73 Å². The first-order valence-electron chi connectivity index (χ1n) is 4.81. The summed E-state index contributed by atoms with van der Waals surface area (Å²) in [6, 6.07) is 2.37. The van der Waals surface area contributed by atoms with Crippen LogP contribution in [0.5, 0.6) is 5.75 Å². The molecular formula is C9H11F3N2O3S. The summed E-state index contributed by atoms with van der Waals surface area (Å²) in [5.41, 5.74) is 5.12. The zero-order chi connectivity index (χ0) is 13.8. The van der Waals surface area contributed by atoms with Crippen molar-refractivity contribution < 1.29 is 26.3 Å². The minimum Gasteiger partial charge on any atom is -0.432 e. The zero-order valence-corrected chi connectivity index (χ0v) is 9.88. The van der Waals surface area contributed by atoms with Crippen LogP contribution in [-0.2, 0) is 10.0 Å². The molecule has 0 spiro atoms. The maximum Gasteiger partial charge on any atom is 0.387 e. The van der Waals surface area contributed by atoms with E-state index in [0.29, 0.717) is 6.07 Å². The molecule has 3 N–H and O–H groups in total. The van der Waals surface area contributed by atoms with Gasteiger partial charge in [0.05, 0.1) is 4.90 Å². The van der Waals surface area contributed by atoms with Gasteiger partial charge in [-0.3, -0.25) is 0 Å². The Bertz CT molecular complexity index is 508. The molecule has 0 amide bonds. The minimum absolute atomic E-state index is 0.0146. The summed E-state index contributed by atoms with van der Waals surface area (Å²) in [7, 11) is -3.90. The van der Waals surface area contributed by atoms with Crippen LogP contribution >= 0.6 is 0 Å². The molecular weight excluding hydrogens is 273 g/mol. The van der Waals surface area contributed by atoms with Crippen molar-refractivity contribution >= 4 is 10.0 Å². The Balaban J connectivity index is 2.97. The number of ether oxygens (including phenoxy) is 1. The molecule has 0 atom stereocenters. The number of hydrogen-bond acceptors (Lipinski definition) is 4. The monoisotopic (exact) mass is 284 g/mol. The van der Waals surface area contributed by atoms with Crippen LogP contribution in [0.15, 0.2) is 23.1 Å². The van der Waals surface area contributed by atoms with Crippen LogP contribution in [0.2, 0.25) is 0 Å². The van der Waals surface area contributed by atoms with E-state index in [-0.39, 0.29) is 13.1 Å². The second-order valence-corrected chi connectivity index (χ2v) is 4.92. The van der Waals surface area contributed by atoms with Gasteiger partial charge in [0.15, 0.2) is 11.6 Å². The molecule has 9 heteroatoms. The van der Waals surface area contributed by atoms with Crippen molar-refractivity contribution in [3.05, 3.63) is 24.0 Å². The van der Waals surface area contributed by atoms with E-state index in [1.54, 1.807) is 0 Å². The van der Waals surface area contributed by atoms with Gasteiger partial charge in [0.25, 0.3) is 0 Å². The topological polar surface area (TPSA) is 81.4 Å². The van der Waals surface area contributed by atoms with Gasteiger partial charge in [0.1, 0.15) is 0 Å². The fourth-order valence-electron chi connectivity index (χ4n) is 1.12. The summed E-state index contributed by atoms with van der Waals surface area (Å²) in [6.07, 6.45) is 0. The van der Waals surface area contributed by atoms with Gasteiger partial charge >= 0.3 is 6.61 Å². The van der Waals surface area contributed by atoms with Crippen LogP contribution in [0, 0.1) is 5.82 Å². The zero-order valence-electron chi connectivity index (χ0n) is 9.07. The Labute approximate surface area is 102 Å². The van der Waals surface area contributed by atoms with Crippen LogP contribution in [-0.4, -0.2) is 28.1 Å². The SMILES string of the molecule is NCCNS(=O)(=O)c1ccc(OC(F)F)c(F)c1. The molecule has 0 fully saturated rings. The summed E-state index contributed by atoms with van der Waals surface area (Å²) in [5, 5.41) is 0. The molecule has 0 aliphatic carbocycles. The lowest BCUT2D eigenvalue weighted by Gasteiger charge is -2.08. The summed E-state index contributed by atoms with van der Waals surface area (Å²) >= 11 is 0. The smallest absolute Gasteiger partial charge is 0.387 e. The van der Waals surface area contributed by atoms with Gasteiger partial charge in [0, 0.05) is 13.1 Å². The molecule has 0 heterocycles. The number of benzene rings is 1. The van der Waals surface area contributed by atoms with E-state index < -0.39 is 33.1 Å². The predicted molar refractivity (Wildman–Crippen MR) is 57.3 cm³/mol. The normalized spacial score (nSPS) is 11.8. The van der Waals surface area contributed by atoms with Crippen LogP contribution in [0.25, 0.3) is 0 Å². The van der Waals surface area contributed by atoms with E-state index in [1.165, 1.54) is 0 Å². The van der Waals surface area contributed by atoms with Crippen molar-refractivity contribution in [3.8, 4) is 5.75 Å². The third kappa shape index (κ3) is 3.86. The quantitative estimate of drug-likeness (QED) is 0.804. The van der Waals surface area contributed by atoms with E-state index >= 15 is 0 Å². The number of alkyl halides is 2. The van der Waals surface area contributed by atoms with Crippen molar-refractivity contribution in [1.29, 1.82) is 0 Å². The van der Waals surface area contributed by atoms with Crippen LogP contribution in [0.4, 0.5) is 13.2 Å². The van der Waals surface area contributed by atoms with E-state index in [0.717, 1.165) is 12.1 Å². The molecule has 1 rings (SSSR count).